The number of alkyl halides is 2. The fourth-order valence-electron chi connectivity index (χ4n) is 0.720. The number of thioether (sulfide) groups is 1. The Morgan fingerprint density at radius 2 is 1.73 bits per heavy atom. The summed E-state index contributed by atoms with van der Waals surface area (Å²) in [4.78, 5) is 0.616. The van der Waals surface area contributed by atoms with Gasteiger partial charge in [-0.3, -0.25) is 0 Å². The zero-order valence-corrected chi connectivity index (χ0v) is 6.87. The van der Waals surface area contributed by atoms with Crippen molar-refractivity contribution < 1.29 is 8.78 Å². The number of hydrogen-bond acceptors (Lipinski definition) is 1. The van der Waals surface area contributed by atoms with Gasteiger partial charge < -0.3 is 0 Å². The first-order valence-corrected chi connectivity index (χ1v) is 4.08. The molecule has 0 spiro atoms. The molecule has 0 saturated carbocycles. The molecule has 0 heterocycles. The summed E-state index contributed by atoms with van der Waals surface area (Å²) in [5.74, 6) is -2.32. The Labute approximate surface area is 68.6 Å². The Bertz CT molecular complexity index is 218. The molecule has 0 unspecified atom stereocenters. The minimum Gasteiger partial charge on any atom is -0.198 e. The second kappa shape index (κ2) is 3.72. The molecule has 0 aliphatic rings. The van der Waals surface area contributed by atoms with Crippen LogP contribution in [0.5, 0.6) is 0 Å². The second-order valence-electron chi connectivity index (χ2n) is 2.19. The third kappa shape index (κ3) is 2.89. The molecule has 0 fully saturated rings. The predicted octanol–water partition coefficient (Wildman–Crippen LogP) is 3.31. The van der Waals surface area contributed by atoms with Gasteiger partial charge in [-0.1, -0.05) is 29.5 Å². The van der Waals surface area contributed by atoms with E-state index in [1.54, 1.807) is 12.1 Å². The summed E-state index contributed by atoms with van der Waals surface area (Å²) < 4.78 is 23.6. The first-order chi connectivity index (χ1) is 5.18. The molecule has 0 aromatic heterocycles. The van der Waals surface area contributed by atoms with E-state index in [1.807, 2.05) is 19.1 Å². The Balaban J connectivity index is 2.66. The van der Waals surface area contributed by atoms with E-state index < -0.39 is 5.76 Å². The van der Waals surface area contributed by atoms with E-state index in [0.717, 1.165) is 5.56 Å². The maximum Gasteiger partial charge on any atom is 0.288 e. The van der Waals surface area contributed by atoms with E-state index in [9.17, 15) is 8.78 Å². The highest BCUT2D eigenvalue weighted by Gasteiger charge is 2.03. The van der Waals surface area contributed by atoms with Crippen molar-refractivity contribution in [1.82, 2.24) is 0 Å². The lowest BCUT2D eigenvalue weighted by molar-refractivity contribution is 0.252. The summed E-state index contributed by atoms with van der Waals surface area (Å²) in [7, 11) is 0. The molecule has 1 aromatic rings. The first kappa shape index (κ1) is 8.53. The van der Waals surface area contributed by atoms with Crippen LogP contribution in [-0.4, -0.2) is 5.76 Å². The van der Waals surface area contributed by atoms with Crippen LogP contribution in [0.3, 0.4) is 0 Å². The molecule has 1 aromatic carbocycles. The van der Waals surface area contributed by atoms with Crippen molar-refractivity contribution in [3.05, 3.63) is 29.8 Å². The van der Waals surface area contributed by atoms with E-state index in [0.29, 0.717) is 16.7 Å². The summed E-state index contributed by atoms with van der Waals surface area (Å²) in [6, 6.07) is 7.05. The van der Waals surface area contributed by atoms with Crippen molar-refractivity contribution in [2.75, 3.05) is 0 Å². The fraction of sp³-hybridized carbons (Fsp3) is 0.250. The van der Waals surface area contributed by atoms with Crippen molar-refractivity contribution in [2.45, 2.75) is 17.6 Å². The van der Waals surface area contributed by atoms with E-state index in [1.165, 1.54) is 0 Å². The van der Waals surface area contributed by atoms with Crippen LogP contribution in [-0.2, 0) is 0 Å². The van der Waals surface area contributed by atoms with Crippen molar-refractivity contribution >= 4 is 11.8 Å². The summed E-state index contributed by atoms with van der Waals surface area (Å²) >= 11 is 0.574. The molecule has 0 amide bonds. The molecule has 0 atom stereocenters. The largest absolute Gasteiger partial charge is 0.288 e. The average Bonchev–Trinajstić information content (AvgIpc) is 1.93. The normalized spacial score (nSPS) is 10.5. The van der Waals surface area contributed by atoms with Crippen LogP contribution in [0.4, 0.5) is 8.78 Å². The molecule has 0 bridgehead atoms. The molecule has 60 valence electrons. The molecule has 0 radical (unpaired) electrons. The van der Waals surface area contributed by atoms with Gasteiger partial charge in [0.25, 0.3) is 5.76 Å². The monoisotopic (exact) mass is 174 g/mol. The maximum atomic E-state index is 11.8. The van der Waals surface area contributed by atoms with Gasteiger partial charge >= 0.3 is 0 Å². The zero-order chi connectivity index (χ0) is 8.27. The SMILES string of the molecule is Cc1ccc(SC(F)F)cc1. The lowest BCUT2D eigenvalue weighted by Gasteiger charge is -1.98. The Morgan fingerprint density at radius 3 is 2.18 bits per heavy atom. The molecule has 0 aliphatic carbocycles. The third-order valence-electron chi connectivity index (χ3n) is 1.25. The molecule has 0 saturated heterocycles. The lowest BCUT2D eigenvalue weighted by Crippen LogP contribution is -1.80. The van der Waals surface area contributed by atoms with E-state index >= 15 is 0 Å². The van der Waals surface area contributed by atoms with Gasteiger partial charge in [-0.15, -0.1) is 0 Å². The average molecular weight is 174 g/mol. The van der Waals surface area contributed by atoms with Crippen molar-refractivity contribution in [3.63, 3.8) is 0 Å². The molecular formula is C8H8F2S. The van der Waals surface area contributed by atoms with E-state index in [-0.39, 0.29) is 0 Å². The van der Waals surface area contributed by atoms with Gasteiger partial charge in [-0.05, 0) is 19.1 Å². The van der Waals surface area contributed by atoms with Crippen molar-refractivity contribution in [3.8, 4) is 0 Å². The fourth-order valence-corrected chi connectivity index (χ4v) is 1.22. The standard InChI is InChI=1S/C8H8F2S/c1-6-2-4-7(5-3-6)11-8(9)10/h2-5,8H,1H3. The van der Waals surface area contributed by atoms with Gasteiger partial charge in [-0.25, -0.2) is 0 Å². The van der Waals surface area contributed by atoms with E-state index in [2.05, 4.69) is 0 Å². The number of rotatable bonds is 2. The lowest BCUT2D eigenvalue weighted by atomic mass is 10.2. The van der Waals surface area contributed by atoms with Gasteiger partial charge in [0.15, 0.2) is 0 Å². The zero-order valence-electron chi connectivity index (χ0n) is 6.05. The minimum absolute atomic E-state index is 0.574. The second-order valence-corrected chi connectivity index (χ2v) is 3.26. The van der Waals surface area contributed by atoms with Crippen LogP contribution in [0.1, 0.15) is 5.56 Å². The van der Waals surface area contributed by atoms with Crippen LogP contribution < -0.4 is 0 Å². The van der Waals surface area contributed by atoms with Gasteiger partial charge in [-0.2, -0.15) is 8.78 Å². The predicted molar refractivity (Wildman–Crippen MR) is 43.0 cm³/mol. The van der Waals surface area contributed by atoms with Crippen molar-refractivity contribution in [2.24, 2.45) is 0 Å². The molecule has 0 nitrogen and oxygen atoms in total. The topological polar surface area (TPSA) is 0 Å². The Kier molecular flexibility index (Phi) is 2.88. The number of benzene rings is 1. The number of halogens is 2. The van der Waals surface area contributed by atoms with Crippen molar-refractivity contribution in [1.29, 1.82) is 0 Å². The summed E-state index contributed by atoms with van der Waals surface area (Å²) in [5, 5.41) is 0. The van der Waals surface area contributed by atoms with Crippen LogP contribution in [0.2, 0.25) is 0 Å². The summed E-state index contributed by atoms with van der Waals surface area (Å²) in [5.41, 5.74) is 1.09. The smallest absolute Gasteiger partial charge is 0.198 e. The highest BCUT2D eigenvalue weighted by Crippen LogP contribution is 2.24. The third-order valence-corrected chi connectivity index (χ3v) is 1.97. The quantitative estimate of drug-likeness (QED) is 0.620. The summed E-state index contributed by atoms with van der Waals surface area (Å²) in [6.45, 7) is 1.93. The highest BCUT2D eigenvalue weighted by atomic mass is 32.2. The first-order valence-electron chi connectivity index (χ1n) is 3.20. The number of hydrogen-bond donors (Lipinski definition) is 0. The molecular weight excluding hydrogens is 166 g/mol. The van der Waals surface area contributed by atoms with Crippen LogP contribution >= 0.6 is 11.8 Å². The minimum atomic E-state index is -2.32. The van der Waals surface area contributed by atoms with Crippen LogP contribution in [0, 0.1) is 6.92 Å². The van der Waals surface area contributed by atoms with Crippen LogP contribution in [0.25, 0.3) is 0 Å². The van der Waals surface area contributed by atoms with Gasteiger partial charge in [0.05, 0.1) is 0 Å². The van der Waals surface area contributed by atoms with Crippen LogP contribution in [0.15, 0.2) is 29.2 Å². The van der Waals surface area contributed by atoms with E-state index in [4.69, 9.17) is 0 Å². The molecule has 11 heavy (non-hydrogen) atoms. The molecule has 0 aliphatic heterocycles. The Morgan fingerprint density at radius 1 is 1.18 bits per heavy atom. The summed E-state index contributed by atoms with van der Waals surface area (Å²) in [6.07, 6.45) is 0. The highest BCUT2D eigenvalue weighted by molar-refractivity contribution is 7.99. The molecule has 1 rings (SSSR count). The number of aryl methyl sites for hydroxylation is 1. The van der Waals surface area contributed by atoms with Gasteiger partial charge in [0.2, 0.25) is 0 Å². The molecule has 0 N–H and O–H groups in total. The maximum absolute atomic E-state index is 11.8. The molecule has 3 heteroatoms. The van der Waals surface area contributed by atoms with Gasteiger partial charge in [0, 0.05) is 4.90 Å². The Hall–Kier alpha value is -0.570. The van der Waals surface area contributed by atoms with Gasteiger partial charge in [0.1, 0.15) is 0 Å².